The normalized spacial score (nSPS) is 18.1. The summed E-state index contributed by atoms with van der Waals surface area (Å²) in [6, 6.07) is 17.4. The van der Waals surface area contributed by atoms with E-state index in [1.807, 2.05) is 48.5 Å². The van der Waals surface area contributed by atoms with E-state index in [4.69, 9.17) is 0 Å². The third-order valence-corrected chi connectivity index (χ3v) is 6.50. The molecule has 0 N–H and O–H groups in total. The van der Waals surface area contributed by atoms with Crippen LogP contribution in [0.15, 0.2) is 54.6 Å². The maximum Gasteiger partial charge on any atom is 0.236 e. The van der Waals surface area contributed by atoms with Gasteiger partial charge >= 0.3 is 0 Å². The van der Waals surface area contributed by atoms with E-state index in [9.17, 15) is 13.2 Å². The van der Waals surface area contributed by atoms with Crippen LogP contribution in [0.3, 0.4) is 0 Å². The topological polar surface area (TPSA) is 56.1 Å². The fourth-order valence-electron chi connectivity index (χ4n) is 4.26. The molecule has 0 fully saturated rings. The summed E-state index contributed by atoms with van der Waals surface area (Å²) in [5.41, 5.74) is 3.02. The van der Waals surface area contributed by atoms with Gasteiger partial charge in [0.1, 0.15) is 0 Å². The van der Waals surface area contributed by atoms with E-state index in [0.717, 1.165) is 30.2 Å². The molecular formula is C22H23NO3S. The molecule has 4 nitrogen and oxygen atoms in total. The van der Waals surface area contributed by atoms with Gasteiger partial charge in [0, 0.05) is 22.6 Å². The van der Waals surface area contributed by atoms with Gasteiger partial charge in [-0.1, -0.05) is 55.0 Å². The van der Waals surface area contributed by atoms with Crippen LogP contribution in [0, 0.1) is 5.92 Å². The van der Waals surface area contributed by atoms with Gasteiger partial charge in [0.25, 0.3) is 0 Å². The van der Waals surface area contributed by atoms with Crippen molar-refractivity contribution in [2.45, 2.75) is 32.1 Å². The number of carbonyl (C=O) groups is 1. The molecule has 0 spiro atoms. The van der Waals surface area contributed by atoms with Gasteiger partial charge in [-0.2, -0.15) is 0 Å². The Hall–Kier alpha value is -2.40. The highest BCUT2D eigenvalue weighted by atomic mass is 32.2. The zero-order chi connectivity index (χ0) is 19.0. The first-order valence-corrected chi connectivity index (χ1v) is 11.2. The lowest BCUT2D eigenvalue weighted by atomic mass is 9.83. The smallest absolute Gasteiger partial charge is 0.236 e. The number of aromatic nitrogens is 1. The minimum Gasteiger partial charge on any atom is -0.294 e. The molecule has 0 radical (unpaired) electrons. The molecule has 0 aliphatic heterocycles. The van der Waals surface area contributed by atoms with Gasteiger partial charge in [0.2, 0.25) is 10.0 Å². The monoisotopic (exact) mass is 381 g/mol. The van der Waals surface area contributed by atoms with E-state index < -0.39 is 10.0 Å². The Kier molecular flexibility index (Phi) is 4.64. The number of benzene rings is 2. The summed E-state index contributed by atoms with van der Waals surface area (Å²) in [6.07, 6.45) is 5.17. The summed E-state index contributed by atoms with van der Waals surface area (Å²) < 4.78 is 26.4. The SMILES string of the molecule is CS(=O)(=O)n1c2c(c3ccccc31)C(=O)[C@@H](Cc1ccccc1)CCCC2. The van der Waals surface area contributed by atoms with Crippen molar-refractivity contribution in [3.05, 3.63) is 71.4 Å². The van der Waals surface area contributed by atoms with Crippen LogP contribution in [-0.4, -0.2) is 24.4 Å². The van der Waals surface area contributed by atoms with Gasteiger partial charge < -0.3 is 0 Å². The predicted molar refractivity (Wildman–Crippen MR) is 108 cm³/mol. The van der Waals surface area contributed by atoms with Crippen molar-refractivity contribution in [3.63, 3.8) is 0 Å². The number of hydrogen-bond acceptors (Lipinski definition) is 3. The summed E-state index contributed by atoms with van der Waals surface area (Å²) in [7, 11) is -3.49. The number of carbonyl (C=O) groups excluding carboxylic acids is 1. The van der Waals surface area contributed by atoms with E-state index in [-0.39, 0.29) is 11.7 Å². The Morgan fingerprint density at radius 2 is 1.70 bits per heavy atom. The van der Waals surface area contributed by atoms with E-state index in [1.54, 1.807) is 6.07 Å². The van der Waals surface area contributed by atoms with Gasteiger partial charge in [-0.3, -0.25) is 4.79 Å². The Morgan fingerprint density at radius 1 is 1.00 bits per heavy atom. The highest BCUT2D eigenvalue weighted by molar-refractivity contribution is 7.89. The summed E-state index contributed by atoms with van der Waals surface area (Å²) in [5.74, 6) is -0.0441. The van der Waals surface area contributed by atoms with Crippen LogP contribution in [0.25, 0.3) is 10.9 Å². The summed E-state index contributed by atoms with van der Waals surface area (Å²) in [5, 5.41) is 0.753. The van der Waals surface area contributed by atoms with Gasteiger partial charge in [-0.05, 0) is 37.3 Å². The second kappa shape index (κ2) is 6.97. The van der Waals surface area contributed by atoms with Crippen molar-refractivity contribution < 1.29 is 13.2 Å². The molecule has 1 heterocycles. The first-order chi connectivity index (χ1) is 13.0. The van der Waals surface area contributed by atoms with Crippen LogP contribution in [0.5, 0.6) is 0 Å². The Bertz CT molecular complexity index is 1100. The third kappa shape index (κ3) is 3.32. The number of fused-ring (bicyclic) bond motifs is 3. The zero-order valence-corrected chi connectivity index (χ0v) is 16.2. The van der Waals surface area contributed by atoms with Crippen LogP contribution in [0.4, 0.5) is 0 Å². The van der Waals surface area contributed by atoms with Gasteiger partial charge in [-0.25, -0.2) is 12.4 Å². The number of ketones is 1. The Morgan fingerprint density at radius 3 is 2.44 bits per heavy atom. The minimum atomic E-state index is -3.49. The fourth-order valence-corrected chi connectivity index (χ4v) is 5.36. The molecule has 1 aliphatic carbocycles. The average Bonchev–Trinajstić information content (AvgIpc) is 2.97. The summed E-state index contributed by atoms with van der Waals surface area (Å²) in [6.45, 7) is 0. The molecule has 5 heteroatoms. The number of rotatable bonds is 3. The van der Waals surface area contributed by atoms with Crippen LogP contribution in [-0.2, 0) is 22.9 Å². The summed E-state index contributed by atoms with van der Waals surface area (Å²) in [4.78, 5) is 13.5. The van der Waals surface area contributed by atoms with Crippen molar-refractivity contribution in [1.82, 2.24) is 3.97 Å². The number of Topliss-reactive ketones (excluding diaryl/α,β-unsaturated/α-hetero) is 1. The van der Waals surface area contributed by atoms with Crippen molar-refractivity contribution in [2.24, 2.45) is 5.92 Å². The third-order valence-electron chi connectivity index (χ3n) is 5.42. The molecule has 1 aliphatic rings. The highest BCUT2D eigenvalue weighted by Gasteiger charge is 2.31. The predicted octanol–water partition coefficient (Wildman–Crippen LogP) is 4.22. The minimum absolute atomic E-state index is 0.0761. The summed E-state index contributed by atoms with van der Waals surface area (Å²) >= 11 is 0. The van der Waals surface area contributed by atoms with Gasteiger partial charge in [-0.15, -0.1) is 0 Å². The molecule has 27 heavy (non-hydrogen) atoms. The molecule has 1 atom stereocenters. The average molecular weight is 381 g/mol. The number of hydrogen-bond donors (Lipinski definition) is 0. The van der Waals surface area contributed by atoms with E-state index in [1.165, 1.54) is 10.2 Å². The second-order valence-corrected chi connectivity index (χ2v) is 9.19. The quantitative estimate of drug-likeness (QED) is 0.683. The first-order valence-electron chi connectivity index (χ1n) is 9.38. The maximum atomic E-state index is 13.5. The molecule has 4 rings (SSSR count). The molecule has 0 saturated carbocycles. The lowest BCUT2D eigenvalue weighted by molar-refractivity contribution is 0.0908. The first kappa shape index (κ1) is 18.0. The number of nitrogens with zero attached hydrogens (tertiary/aromatic N) is 1. The maximum absolute atomic E-state index is 13.5. The van der Waals surface area contributed by atoms with Gasteiger partial charge in [0.05, 0.1) is 11.8 Å². The fraction of sp³-hybridized carbons (Fsp3) is 0.318. The molecule has 0 amide bonds. The van der Waals surface area contributed by atoms with E-state index >= 15 is 0 Å². The van der Waals surface area contributed by atoms with E-state index in [0.29, 0.717) is 29.6 Å². The lowest BCUT2D eigenvalue weighted by Gasteiger charge is -2.20. The van der Waals surface area contributed by atoms with Crippen LogP contribution >= 0.6 is 0 Å². The molecule has 1 aromatic heterocycles. The highest BCUT2D eigenvalue weighted by Crippen LogP contribution is 2.34. The standard InChI is InChI=1S/C22H23NO3S/c1-27(25,26)23-19-13-8-6-12-18(19)21-20(23)14-7-5-11-17(22(21)24)15-16-9-3-2-4-10-16/h2-4,6,8-10,12-13,17H,5,7,11,14-15H2,1H3/t17-/m1/s1. The van der Waals surface area contributed by atoms with Crippen molar-refractivity contribution in [1.29, 1.82) is 0 Å². The molecule has 0 saturated heterocycles. The second-order valence-electron chi connectivity index (χ2n) is 7.36. The van der Waals surface area contributed by atoms with Crippen LogP contribution < -0.4 is 0 Å². The zero-order valence-electron chi connectivity index (χ0n) is 15.4. The van der Waals surface area contributed by atoms with Crippen LogP contribution in [0.1, 0.15) is 40.9 Å². The molecular weight excluding hydrogens is 358 g/mol. The molecule has 3 aromatic rings. The molecule has 0 unspecified atom stereocenters. The Labute approximate surface area is 159 Å². The van der Waals surface area contributed by atoms with Crippen molar-refractivity contribution in [3.8, 4) is 0 Å². The Balaban J connectivity index is 1.88. The molecule has 0 bridgehead atoms. The lowest BCUT2D eigenvalue weighted by Crippen LogP contribution is -2.22. The number of para-hydroxylation sites is 1. The largest absolute Gasteiger partial charge is 0.294 e. The van der Waals surface area contributed by atoms with E-state index in [2.05, 4.69) is 0 Å². The van der Waals surface area contributed by atoms with Crippen LogP contribution in [0.2, 0.25) is 0 Å². The van der Waals surface area contributed by atoms with Gasteiger partial charge in [0.15, 0.2) is 5.78 Å². The van der Waals surface area contributed by atoms with Crippen molar-refractivity contribution in [2.75, 3.05) is 6.26 Å². The van der Waals surface area contributed by atoms with Crippen molar-refractivity contribution >= 4 is 26.7 Å². The molecule has 140 valence electrons. The molecule has 2 aromatic carbocycles.